The summed E-state index contributed by atoms with van der Waals surface area (Å²) in [4.78, 5) is 1.30. The second-order valence-electron chi connectivity index (χ2n) is 4.82. The van der Waals surface area contributed by atoms with Crippen LogP contribution in [0, 0.1) is 5.41 Å². The zero-order valence-electron chi connectivity index (χ0n) is 11.7. The largest absolute Gasteiger partial charge is 0.396 e. The molecule has 0 unspecified atom stereocenters. The van der Waals surface area contributed by atoms with E-state index in [1.165, 1.54) is 10.5 Å². The summed E-state index contributed by atoms with van der Waals surface area (Å²) in [5.41, 5.74) is 1.34. The molecule has 102 valence electrons. The molecule has 1 aromatic carbocycles. The summed E-state index contributed by atoms with van der Waals surface area (Å²) in [7, 11) is 0. The normalized spacial score (nSPS) is 11.8. The Morgan fingerprint density at radius 1 is 1.17 bits per heavy atom. The van der Waals surface area contributed by atoms with E-state index in [4.69, 9.17) is 0 Å². The molecule has 2 N–H and O–H groups in total. The molecule has 1 rings (SSSR count). The van der Waals surface area contributed by atoms with E-state index in [0.717, 1.165) is 25.9 Å². The Hall–Kier alpha value is -0.510. The van der Waals surface area contributed by atoms with Crippen molar-refractivity contribution >= 4 is 11.8 Å². The van der Waals surface area contributed by atoms with Crippen molar-refractivity contribution in [3.63, 3.8) is 0 Å². The molecule has 0 aliphatic carbocycles. The van der Waals surface area contributed by atoms with Crippen LogP contribution in [0.15, 0.2) is 29.2 Å². The van der Waals surface area contributed by atoms with Gasteiger partial charge in [-0.3, -0.25) is 0 Å². The Kier molecular flexibility index (Phi) is 6.76. The average molecular weight is 267 g/mol. The predicted octanol–water partition coefficient (Wildman–Crippen LogP) is 3.30. The third-order valence-corrected chi connectivity index (χ3v) is 4.57. The molecule has 0 saturated heterocycles. The molecule has 0 atom stereocenters. The van der Waals surface area contributed by atoms with Crippen molar-refractivity contribution in [1.29, 1.82) is 0 Å². The molecule has 0 bridgehead atoms. The zero-order chi connectivity index (χ0) is 13.4. The van der Waals surface area contributed by atoms with Crippen LogP contribution in [0.25, 0.3) is 0 Å². The quantitative estimate of drug-likeness (QED) is 0.709. The molecule has 0 heterocycles. The van der Waals surface area contributed by atoms with Gasteiger partial charge >= 0.3 is 0 Å². The van der Waals surface area contributed by atoms with E-state index in [1.807, 2.05) is 0 Å². The van der Waals surface area contributed by atoms with Gasteiger partial charge in [0, 0.05) is 30.0 Å². The van der Waals surface area contributed by atoms with Gasteiger partial charge < -0.3 is 10.4 Å². The van der Waals surface area contributed by atoms with Gasteiger partial charge in [-0.05, 0) is 36.8 Å². The van der Waals surface area contributed by atoms with E-state index < -0.39 is 0 Å². The van der Waals surface area contributed by atoms with Crippen molar-refractivity contribution in [2.75, 3.05) is 19.4 Å². The Morgan fingerprint density at radius 3 is 2.22 bits per heavy atom. The van der Waals surface area contributed by atoms with Crippen LogP contribution in [-0.2, 0) is 6.54 Å². The Bertz CT molecular complexity index is 325. The van der Waals surface area contributed by atoms with E-state index in [1.54, 1.807) is 11.8 Å². The number of hydrogen-bond acceptors (Lipinski definition) is 3. The molecule has 18 heavy (non-hydrogen) atoms. The van der Waals surface area contributed by atoms with E-state index >= 15 is 0 Å². The summed E-state index contributed by atoms with van der Waals surface area (Å²) in [6.07, 6.45) is 4.11. The fraction of sp³-hybridized carbons (Fsp3) is 0.600. The van der Waals surface area contributed by atoms with Crippen molar-refractivity contribution in [3.8, 4) is 0 Å². The van der Waals surface area contributed by atoms with E-state index in [2.05, 4.69) is 49.7 Å². The minimum Gasteiger partial charge on any atom is -0.396 e. The maximum Gasteiger partial charge on any atom is 0.0499 e. The van der Waals surface area contributed by atoms with Crippen LogP contribution in [0.5, 0.6) is 0 Å². The van der Waals surface area contributed by atoms with Crippen LogP contribution in [0.2, 0.25) is 0 Å². The summed E-state index contributed by atoms with van der Waals surface area (Å²) in [6.45, 7) is 6.30. The molecular weight excluding hydrogens is 242 g/mol. The topological polar surface area (TPSA) is 32.3 Å². The van der Waals surface area contributed by atoms with Crippen LogP contribution in [-0.4, -0.2) is 24.5 Å². The molecular formula is C15H25NOS. The summed E-state index contributed by atoms with van der Waals surface area (Å²) in [6, 6.07) is 8.63. The zero-order valence-corrected chi connectivity index (χ0v) is 12.5. The SMILES string of the molecule is CCC(CC)(CO)CNCc1ccc(SC)cc1. The fourth-order valence-corrected chi connectivity index (χ4v) is 2.40. The van der Waals surface area contributed by atoms with Gasteiger partial charge in [-0.2, -0.15) is 0 Å². The first-order chi connectivity index (χ1) is 8.69. The van der Waals surface area contributed by atoms with Gasteiger partial charge in [0.1, 0.15) is 0 Å². The number of hydrogen-bond donors (Lipinski definition) is 2. The maximum atomic E-state index is 9.50. The number of aliphatic hydroxyl groups is 1. The van der Waals surface area contributed by atoms with E-state index in [9.17, 15) is 5.11 Å². The first kappa shape index (κ1) is 15.5. The molecule has 0 spiro atoms. The van der Waals surface area contributed by atoms with Crippen molar-refractivity contribution in [1.82, 2.24) is 5.32 Å². The van der Waals surface area contributed by atoms with Gasteiger partial charge in [-0.15, -0.1) is 11.8 Å². The first-order valence-corrected chi connectivity index (χ1v) is 7.86. The van der Waals surface area contributed by atoms with Gasteiger partial charge in [-0.25, -0.2) is 0 Å². The lowest BCUT2D eigenvalue weighted by molar-refractivity contribution is 0.113. The Labute approximate surface area is 115 Å². The number of benzene rings is 1. The van der Waals surface area contributed by atoms with Crippen LogP contribution < -0.4 is 5.32 Å². The average Bonchev–Trinajstić information content (AvgIpc) is 2.45. The highest BCUT2D eigenvalue weighted by Crippen LogP contribution is 2.24. The van der Waals surface area contributed by atoms with Crippen LogP contribution in [0.4, 0.5) is 0 Å². The summed E-state index contributed by atoms with van der Waals surface area (Å²) in [5.74, 6) is 0. The lowest BCUT2D eigenvalue weighted by Gasteiger charge is -2.29. The van der Waals surface area contributed by atoms with Crippen molar-refractivity contribution in [2.45, 2.75) is 38.1 Å². The molecule has 0 aromatic heterocycles. The maximum absolute atomic E-state index is 9.50. The van der Waals surface area contributed by atoms with Crippen LogP contribution >= 0.6 is 11.8 Å². The molecule has 0 aliphatic rings. The summed E-state index contributed by atoms with van der Waals surface area (Å²) in [5, 5.41) is 13.0. The molecule has 1 aromatic rings. The fourth-order valence-electron chi connectivity index (χ4n) is 1.99. The minimum atomic E-state index is 0.0409. The third-order valence-electron chi connectivity index (χ3n) is 3.82. The van der Waals surface area contributed by atoms with Crippen molar-refractivity contribution in [2.24, 2.45) is 5.41 Å². The standard InChI is InChI=1S/C15H25NOS/c1-4-15(5-2,12-17)11-16-10-13-6-8-14(18-3)9-7-13/h6-9,16-17H,4-5,10-12H2,1-3H3. The number of rotatable bonds is 8. The van der Waals surface area contributed by atoms with Crippen LogP contribution in [0.3, 0.4) is 0 Å². The molecule has 0 fully saturated rings. The second kappa shape index (κ2) is 7.82. The highest BCUT2D eigenvalue weighted by Gasteiger charge is 2.24. The second-order valence-corrected chi connectivity index (χ2v) is 5.70. The van der Waals surface area contributed by atoms with Gasteiger partial charge in [0.15, 0.2) is 0 Å². The highest BCUT2D eigenvalue weighted by atomic mass is 32.2. The van der Waals surface area contributed by atoms with Gasteiger partial charge in [0.25, 0.3) is 0 Å². The Balaban J connectivity index is 2.44. The third kappa shape index (κ3) is 4.30. The lowest BCUT2D eigenvalue weighted by atomic mass is 9.83. The van der Waals surface area contributed by atoms with Crippen LogP contribution in [0.1, 0.15) is 32.3 Å². The Morgan fingerprint density at radius 2 is 1.78 bits per heavy atom. The highest BCUT2D eigenvalue weighted by molar-refractivity contribution is 7.98. The number of aliphatic hydroxyl groups excluding tert-OH is 1. The number of thioether (sulfide) groups is 1. The molecule has 2 nitrogen and oxygen atoms in total. The molecule has 0 radical (unpaired) electrons. The van der Waals surface area contributed by atoms with Crippen molar-refractivity contribution in [3.05, 3.63) is 29.8 Å². The predicted molar refractivity (Wildman–Crippen MR) is 80.0 cm³/mol. The smallest absolute Gasteiger partial charge is 0.0499 e. The van der Waals surface area contributed by atoms with Gasteiger partial charge in [0.05, 0.1) is 0 Å². The van der Waals surface area contributed by atoms with Crippen molar-refractivity contribution < 1.29 is 5.11 Å². The molecule has 0 aliphatic heterocycles. The van der Waals surface area contributed by atoms with E-state index in [-0.39, 0.29) is 12.0 Å². The number of nitrogens with one attached hydrogen (secondary N) is 1. The molecule has 0 amide bonds. The summed E-state index contributed by atoms with van der Waals surface area (Å²) < 4.78 is 0. The minimum absolute atomic E-state index is 0.0409. The van der Waals surface area contributed by atoms with Gasteiger partial charge in [-0.1, -0.05) is 26.0 Å². The lowest BCUT2D eigenvalue weighted by Crippen LogP contribution is -2.36. The van der Waals surface area contributed by atoms with E-state index in [0.29, 0.717) is 0 Å². The van der Waals surface area contributed by atoms with Gasteiger partial charge in [0.2, 0.25) is 0 Å². The first-order valence-electron chi connectivity index (χ1n) is 6.64. The monoisotopic (exact) mass is 267 g/mol. The molecule has 0 saturated carbocycles. The molecule has 3 heteroatoms. The summed E-state index contributed by atoms with van der Waals surface area (Å²) >= 11 is 1.76.